The van der Waals surface area contributed by atoms with Crippen molar-refractivity contribution in [3.63, 3.8) is 0 Å². The Kier molecular flexibility index (Phi) is 3.88. The first-order chi connectivity index (χ1) is 9.95. The van der Waals surface area contributed by atoms with E-state index in [2.05, 4.69) is 59.9 Å². The summed E-state index contributed by atoms with van der Waals surface area (Å²) in [5.41, 5.74) is 0.238. The number of nitrogens with zero attached hydrogens (tertiary/aromatic N) is 3. The van der Waals surface area contributed by atoms with Crippen LogP contribution >= 0.6 is 11.3 Å². The molecule has 0 saturated heterocycles. The molecule has 0 spiro atoms. The fourth-order valence-electron chi connectivity index (χ4n) is 2.71. The Bertz CT molecular complexity index is 621. The van der Waals surface area contributed by atoms with Crippen molar-refractivity contribution in [2.45, 2.75) is 65.1 Å². The van der Waals surface area contributed by atoms with Gasteiger partial charge in [-0.1, -0.05) is 20.8 Å². The average molecular weight is 304 g/mol. The Labute approximate surface area is 130 Å². The van der Waals surface area contributed by atoms with E-state index in [1.165, 1.54) is 16.2 Å². The lowest BCUT2D eigenvalue weighted by Crippen LogP contribution is -2.21. The third-order valence-corrected chi connectivity index (χ3v) is 5.52. The van der Waals surface area contributed by atoms with E-state index in [-0.39, 0.29) is 11.5 Å². The van der Waals surface area contributed by atoms with Gasteiger partial charge in [0.25, 0.3) is 0 Å². The molecular weight excluding hydrogens is 280 g/mol. The van der Waals surface area contributed by atoms with Crippen LogP contribution < -0.4 is 5.32 Å². The van der Waals surface area contributed by atoms with Crippen LogP contribution in [0.1, 0.15) is 61.6 Å². The first-order valence-electron chi connectivity index (χ1n) is 7.69. The van der Waals surface area contributed by atoms with Gasteiger partial charge < -0.3 is 9.88 Å². The van der Waals surface area contributed by atoms with Gasteiger partial charge in [0.2, 0.25) is 0 Å². The van der Waals surface area contributed by atoms with Gasteiger partial charge >= 0.3 is 0 Å². The summed E-state index contributed by atoms with van der Waals surface area (Å²) in [6.07, 6.45) is 2.27. The molecule has 3 heterocycles. The molecule has 5 heteroatoms. The molecule has 3 rings (SSSR count). The lowest BCUT2D eigenvalue weighted by molar-refractivity contribution is 0.518. The predicted molar refractivity (Wildman–Crippen MR) is 86.6 cm³/mol. The molecule has 0 fully saturated rings. The molecule has 0 radical (unpaired) electrons. The molecule has 1 atom stereocenters. The predicted octanol–water partition coefficient (Wildman–Crippen LogP) is 3.43. The molecule has 21 heavy (non-hydrogen) atoms. The van der Waals surface area contributed by atoms with E-state index < -0.39 is 0 Å². The van der Waals surface area contributed by atoms with Crippen LogP contribution in [0.5, 0.6) is 0 Å². The minimum atomic E-state index is 0.238. The maximum atomic E-state index is 4.35. The van der Waals surface area contributed by atoms with Gasteiger partial charge in [-0.2, -0.15) is 0 Å². The van der Waals surface area contributed by atoms with Gasteiger partial charge in [0, 0.05) is 29.3 Å². The molecule has 0 amide bonds. The van der Waals surface area contributed by atoms with Gasteiger partial charge in [0.15, 0.2) is 0 Å². The number of aromatic nitrogens is 3. The second-order valence-corrected chi connectivity index (χ2v) is 8.02. The van der Waals surface area contributed by atoms with Gasteiger partial charge in [-0.05, 0) is 30.9 Å². The topological polar surface area (TPSA) is 42.7 Å². The van der Waals surface area contributed by atoms with Crippen LogP contribution in [0.2, 0.25) is 0 Å². The Morgan fingerprint density at radius 2 is 2.14 bits per heavy atom. The quantitative estimate of drug-likeness (QED) is 0.941. The lowest BCUT2D eigenvalue weighted by Gasteiger charge is -2.15. The number of hydrogen-bond donors (Lipinski definition) is 1. The monoisotopic (exact) mass is 304 g/mol. The molecule has 114 valence electrons. The van der Waals surface area contributed by atoms with E-state index in [0.29, 0.717) is 0 Å². The first kappa shape index (κ1) is 14.7. The number of nitrogens with one attached hydrogen (secondary N) is 1. The Balaban J connectivity index is 1.63. The largest absolute Gasteiger partial charge is 0.314 e. The number of aryl methyl sites for hydroxylation is 1. The summed E-state index contributed by atoms with van der Waals surface area (Å²) in [5.74, 6) is 2.22. The molecule has 1 aliphatic rings. The number of fused-ring (bicyclic) bond motifs is 1. The Morgan fingerprint density at radius 3 is 2.86 bits per heavy atom. The second kappa shape index (κ2) is 5.54. The van der Waals surface area contributed by atoms with Crippen LogP contribution in [0.3, 0.4) is 0 Å². The normalized spacial score (nSPS) is 16.2. The molecular formula is C16H24N4S. The maximum Gasteiger partial charge on any atom is 0.149 e. The molecule has 4 nitrogen and oxygen atoms in total. The highest BCUT2D eigenvalue weighted by molar-refractivity contribution is 7.12. The zero-order valence-corrected chi connectivity index (χ0v) is 14.1. The second-order valence-electron chi connectivity index (χ2n) is 6.85. The van der Waals surface area contributed by atoms with Crippen molar-refractivity contribution in [3.8, 4) is 0 Å². The maximum absolute atomic E-state index is 4.35. The molecule has 2 aromatic heterocycles. The fourth-order valence-corrected chi connectivity index (χ4v) is 3.73. The zero-order valence-electron chi connectivity index (χ0n) is 13.3. The minimum Gasteiger partial charge on any atom is -0.314 e. The smallest absolute Gasteiger partial charge is 0.149 e. The van der Waals surface area contributed by atoms with Crippen molar-refractivity contribution in [1.29, 1.82) is 0 Å². The standard InChI is InChI=1S/C16H24N4S/c1-11(15-19-18-14-6-5-9-20(14)15)17-10-12-7-8-13(21-12)16(2,3)4/h7-8,11,17H,5-6,9-10H2,1-4H3. The summed E-state index contributed by atoms with van der Waals surface area (Å²) >= 11 is 1.90. The molecule has 2 aromatic rings. The summed E-state index contributed by atoms with van der Waals surface area (Å²) in [6, 6.07) is 4.73. The SMILES string of the molecule is CC(NCc1ccc(C(C)(C)C)s1)c1nnc2n1CCC2. The van der Waals surface area contributed by atoms with E-state index in [9.17, 15) is 0 Å². The van der Waals surface area contributed by atoms with Crippen molar-refractivity contribution < 1.29 is 0 Å². The van der Waals surface area contributed by atoms with E-state index >= 15 is 0 Å². The van der Waals surface area contributed by atoms with E-state index in [0.717, 1.165) is 31.2 Å². The summed E-state index contributed by atoms with van der Waals surface area (Å²) in [7, 11) is 0. The van der Waals surface area contributed by atoms with Crippen molar-refractivity contribution in [3.05, 3.63) is 33.5 Å². The highest BCUT2D eigenvalue weighted by atomic mass is 32.1. The zero-order chi connectivity index (χ0) is 15.0. The molecule has 0 saturated carbocycles. The summed E-state index contributed by atoms with van der Waals surface area (Å²) in [4.78, 5) is 2.82. The molecule has 0 aliphatic carbocycles. The summed E-state index contributed by atoms with van der Waals surface area (Å²) in [6.45, 7) is 10.9. The molecule has 0 bridgehead atoms. The molecule has 1 aliphatic heterocycles. The van der Waals surface area contributed by atoms with Crippen molar-refractivity contribution in [2.24, 2.45) is 0 Å². The van der Waals surface area contributed by atoms with Crippen LogP contribution in [-0.2, 0) is 24.9 Å². The van der Waals surface area contributed by atoms with E-state index in [1.807, 2.05) is 11.3 Å². The summed E-state index contributed by atoms with van der Waals surface area (Å²) < 4.78 is 2.27. The first-order valence-corrected chi connectivity index (χ1v) is 8.51. The fraction of sp³-hybridized carbons (Fsp3) is 0.625. The van der Waals surface area contributed by atoms with Gasteiger partial charge in [0.05, 0.1) is 6.04 Å². The Hall–Kier alpha value is -1.20. The van der Waals surface area contributed by atoms with Crippen LogP contribution in [0.15, 0.2) is 12.1 Å². The van der Waals surface area contributed by atoms with Crippen LogP contribution in [0.25, 0.3) is 0 Å². The van der Waals surface area contributed by atoms with Crippen LogP contribution in [-0.4, -0.2) is 14.8 Å². The average Bonchev–Trinajstić information content (AvgIpc) is 3.10. The van der Waals surface area contributed by atoms with Gasteiger partial charge in [-0.3, -0.25) is 0 Å². The van der Waals surface area contributed by atoms with Crippen LogP contribution in [0, 0.1) is 0 Å². The third-order valence-electron chi connectivity index (χ3n) is 4.01. The highest BCUT2D eigenvalue weighted by Gasteiger charge is 2.21. The van der Waals surface area contributed by atoms with Crippen molar-refractivity contribution >= 4 is 11.3 Å². The van der Waals surface area contributed by atoms with Crippen LogP contribution in [0.4, 0.5) is 0 Å². The summed E-state index contributed by atoms with van der Waals surface area (Å²) in [5, 5.41) is 12.2. The number of thiophene rings is 1. The third kappa shape index (κ3) is 3.04. The minimum absolute atomic E-state index is 0.238. The lowest BCUT2D eigenvalue weighted by atomic mass is 9.95. The Morgan fingerprint density at radius 1 is 1.33 bits per heavy atom. The van der Waals surface area contributed by atoms with Gasteiger partial charge in [-0.15, -0.1) is 21.5 Å². The van der Waals surface area contributed by atoms with E-state index in [4.69, 9.17) is 0 Å². The number of rotatable bonds is 4. The van der Waals surface area contributed by atoms with Crippen molar-refractivity contribution in [1.82, 2.24) is 20.1 Å². The highest BCUT2D eigenvalue weighted by Crippen LogP contribution is 2.29. The van der Waals surface area contributed by atoms with Crippen molar-refractivity contribution in [2.75, 3.05) is 0 Å². The van der Waals surface area contributed by atoms with Gasteiger partial charge in [0.1, 0.15) is 11.6 Å². The van der Waals surface area contributed by atoms with E-state index in [1.54, 1.807) is 0 Å². The molecule has 0 aromatic carbocycles. The molecule has 1 unspecified atom stereocenters. The van der Waals surface area contributed by atoms with Gasteiger partial charge in [-0.25, -0.2) is 0 Å². The number of hydrogen-bond acceptors (Lipinski definition) is 4. The molecule has 1 N–H and O–H groups in total.